The minimum atomic E-state index is -0.0301. The summed E-state index contributed by atoms with van der Waals surface area (Å²) in [5.41, 5.74) is 1.94. The fourth-order valence-corrected chi connectivity index (χ4v) is 3.15. The van der Waals surface area contributed by atoms with Crippen molar-refractivity contribution in [1.82, 2.24) is 9.80 Å². The molecule has 0 N–H and O–H groups in total. The van der Waals surface area contributed by atoms with Crippen LogP contribution >= 0.6 is 11.6 Å². The van der Waals surface area contributed by atoms with E-state index in [-0.39, 0.29) is 5.91 Å². The Morgan fingerprint density at radius 1 is 1.25 bits per heavy atom. The van der Waals surface area contributed by atoms with Gasteiger partial charge < -0.3 is 14.1 Å². The monoisotopic (exact) mass is 348 g/mol. The SMILES string of the molecule is COc1ccc(Cl)cc1CN1CCN(C(=O)c2occc2C)CC1. The second-order valence-corrected chi connectivity index (χ2v) is 6.39. The number of hydrogen-bond acceptors (Lipinski definition) is 4. The van der Waals surface area contributed by atoms with Crippen LogP contribution < -0.4 is 4.74 Å². The summed E-state index contributed by atoms with van der Waals surface area (Å²) < 4.78 is 10.7. The summed E-state index contributed by atoms with van der Waals surface area (Å²) in [6, 6.07) is 7.46. The van der Waals surface area contributed by atoms with Crippen molar-refractivity contribution in [3.05, 3.63) is 52.4 Å². The van der Waals surface area contributed by atoms with Crippen molar-refractivity contribution in [2.24, 2.45) is 0 Å². The molecule has 0 radical (unpaired) electrons. The average Bonchev–Trinajstić information content (AvgIpc) is 3.01. The predicted molar refractivity (Wildman–Crippen MR) is 92.6 cm³/mol. The molecule has 0 bridgehead atoms. The number of piperazine rings is 1. The summed E-state index contributed by atoms with van der Waals surface area (Å²) in [5, 5.41) is 0.702. The molecule has 1 aromatic carbocycles. The van der Waals surface area contributed by atoms with Gasteiger partial charge in [-0.25, -0.2) is 0 Å². The summed E-state index contributed by atoms with van der Waals surface area (Å²) in [5.74, 6) is 1.25. The van der Waals surface area contributed by atoms with Gasteiger partial charge in [0.15, 0.2) is 5.76 Å². The van der Waals surface area contributed by atoms with Crippen LogP contribution in [0.1, 0.15) is 21.7 Å². The van der Waals surface area contributed by atoms with E-state index in [4.69, 9.17) is 20.8 Å². The average molecular weight is 349 g/mol. The molecule has 0 saturated carbocycles. The molecule has 2 aromatic rings. The first kappa shape index (κ1) is 16.9. The van der Waals surface area contributed by atoms with Crippen LogP contribution in [0, 0.1) is 6.92 Å². The zero-order chi connectivity index (χ0) is 17.1. The van der Waals surface area contributed by atoms with E-state index >= 15 is 0 Å². The number of ether oxygens (including phenoxy) is 1. The number of benzene rings is 1. The van der Waals surface area contributed by atoms with E-state index in [1.807, 2.05) is 36.1 Å². The van der Waals surface area contributed by atoms with E-state index in [0.717, 1.165) is 36.5 Å². The van der Waals surface area contributed by atoms with Gasteiger partial charge in [0.1, 0.15) is 5.75 Å². The third-order valence-electron chi connectivity index (χ3n) is 4.35. The van der Waals surface area contributed by atoms with Crippen LogP contribution in [0.2, 0.25) is 5.02 Å². The zero-order valence-corrected chi connectivity index (χ0v) is 14.7. The Morgan fingerprint density at radius 3 is 2.62 bits per heavy atom. The smallest absolute Gasteiger partial charge is 0.289 e. The molecule has 0 spiro atoms. The lowest BCUT2D eigenvalue weighted by molar-refractivity contribution is 0.0596. The Balaban J connectivity index is 1.61. The molecule has 1 aliphatic heterocycles. The molecule has 1 aromatic heterocycles. The van der Waals surface area contributed by atoms with Crippen LogP contribution in [0.5, 0.6) is 5.75 Å². The molecule has 6 heteroatoms. The minimum absolute atomic E-state index is 0.0301. The highest BCUT2D eigenvalue weighted by molar-refractivity contribution is 6.30. The van der Waals surface area contributed by atoms with Gasteiger partial charge >= 0.3 is 0 Å². The Labute approximate surface area is 146 Å². The van der Waals surface area contributed by atoms with Gasteiger partial charge in [0.25, 0.3) is 5.91 Å². The van der Waals surface area contributed by atoms with Gasteiger partial charge in [0.05, 0.1) is 13.4 Å². The number of methoxy groups -OCH3 is 1. The number of aryl methyl sites for hydroxylation is 1. The van der Waals surface area contributed by atoms with Gasteiger partial charge in [-0.15, -0.1) is 0 Å². The van der Waals surface area contributed by atoms with E-state index in [2.05, 4.69) is 4.90 Å². The maximum Gasteiger partial charge on any atom is 0.289 e. The number of furan rings is 1. The number of carbonyl (C=O) groups excluding carboxylic acids is 1. The number of hydrogen-bond donors (Lipinski definition) is 0. The Kier molecular flexibility index (Phi) is 5.11. The van der Waals surface area contributed by atoms with Gasteiger partial charge in [-0.2, -0.15) is 0 Å². The van der Waals surface area contributed by atoms with Crippen molar-refractivity contribution in [3.8, 4) is 5.75 Å². The Morgan fingerprint density at radius 2 is 2.00 bits per heavy atom. The first-order chi connectivity index (χ1) is 11.6. The molecule has 1 aliphatic rings. The van der Waals surface area contributed by atoms with Crippen molar-refractivity contribution < 1.29 is 13.9 Å². The van der Waals surface area contributed by atoms with Crippen LogP contribution in [-0.4, -0.2) is 49.0 Å². The second-order valence-electron chi connectivity index (χ2n) is 5.96. The fraction of sp³-hybridized carbons (Fsp3) is 0.389. The molecule has 3 rings (SSSR count). The first-order valence-corrected chi connectivity index (χ1v) is 8.34. The maximum atomic E-state index is 12.5. The van der Waals surface area contributed by atoms with Gasteiger partial charge in [0.2, 0.25) is 0 Å². The number of halogens is 1. The summed E-state index contributed by atoms with van der Waals surface area (Å²) in [6.45, 7) is 5.62. The van der Waals surface area contributed by atoms with Crippen LogP contribution in [0.25, 0.3) is 0 Å². The number of nitrogens with zero attached hydrogens (tertiary/aromatic N) is 2. The highest BCUT2D eigenvalue weighted by Crippen LogP contribution is 2.24. The number of rotatable bonds is 4. The molecular formula is C18H21ClN2O3. The van der Waals surface area contributed by atoms with Gasteiger partial charge in [-0.1, -0.05) is 11.6 Å². The standard InChI is InChI=1S/C18H21ClN2O3/c1-13-5-10-24-17(13)18(22)21-8-6-20(7-9-21)12-14-11-15(19)3-4-16(14)23-2/h3-5,10-11H,6-9,12H2,1-2H3. The maximum absolute atomic E-state index is 12.5. The largest absolute Gasteiger partial charge is 0.496 e. The van der Waals surface area contributed by atoms with Crippen LogP contribution in [0.15, 0.2) is 34.9 Å². The van der Waals surface area contributed by atoms with Gasteiger partial charge in [-0.3, -0.25) is 9.69 Å². The molecule has 128 valence electrons. The third-order valence-corrected chi connectivity index (χ3v) is 4.59. The van der Waals surface area contributed by atoms with Crippen LogP contribution in [0.3, 0.4) is 0 Å². The quantitative estimate of drug-likeness (QED) is 0.851. The molecule has 0 unspecified atom stereocenters. The molecule has 5 nitrogen and oxygen atoms in total. The van der Waals surface area contributed by atoms with E-state index in [1.165, 1.54) is 0 Å². The molecule has 0 aliphatic carbocycles. The molecule has 2 heterocycles. The zero-order valence-electron chi connectivity index (χ0n) is 13.9. The molecular weight excluding hydrogens is 328 g/mol. The predicted octanol–water partition coefficient (Wildman–Crippen LogP) is 3.21. The van der Waals surface area contributed by atoms with Crippen LogP contribution in [-0.2, 0) is 6.54 Å². The van der Waals surface area contributed by atoms with Gasteiger partial charge in [0, 0.05) is 48.9 Å². The topological polar surface area (TPSA) is 45.9 Å². The summed E-state index contributed by atoms with van der Waals surface area (Å²) in [7, 11) is 1.66. The van der Waals surface area contributed by atoms with E-state index in [0.29, 0.717) is 23.9 Å². The lowest BCUT2D eigenvalue weighted by Gasteiger charge is -2.34. The van der Waals surface area contributed by atoms with Crippen molar-refractivity contribution in [3.63, 3.8) is 0 Å². The van der Waals surface area contributed by atoms with Crippen molar-refractivity contribution in [2.45, 2.75) is 13.5 Å². The lowest BCUT2D eigenvalue weighted by Crippen LogP contribution is -2.48. The molecule has 1 amide bonds. The van der Waals surface area contributed by atoms with E-state index in [9.17, 15) is 4.79 Å². The van der Waals surface area contributed by atoms with E-state index < -0.39 is 0 Å². The number of amides is 1. The van der Waals surface area contributed by atoms with Crippen molar-refractivity contribution >= 4 is 17.5 Å². The van der Waals surface area contributed by atoms with Crippen molar-refractivity contribution in [2.75, 3.05) is 33.3 Å². The highest BCUT2D eigenvalue weighted by atomic mass is 35.5. The molecule has 1 saturated heterocycles. The fourth-order valence-electron chi connectivity index (χ4n) is 2.96. The minimum Gasteiger partial charge on any atom is -0.496 e. The second kappa shape index (κ2) is 7.28. The molecule has 0 atom stereocenters. The van der Waals surface area contributed by atoms with Crippen molar-refractivity contribution in [1.29, 1.82) is 0 Å². The third kappa shape index (κ3) is 3.57. The summed E-state index contributed by atoms with van der Waals surface area (Å²) in [6.07, 6.45) is 1.56. The molecule has 24 heavy (non-hydrogen) atoms. The summed E-state index contributed by atoms with van der Waals surface area (Å²) >= 11 is 6.09. The first-order valence-electron chi connectivity index (χ1n) is 7.96. The highest BCUT2D eigenvalue weighted by Gasteiger charge is 2.25. The Bertz CT molecular complexity index is 721. The summed E-state index contributed by atoms with van der Waals surface area (Å²) in [4.78, 5) is 16.6. The van der Waals surface area contributed by atoms with E-state index in [1.54, 1.807) is 13.4 Å². The lowest BCUT2D eigenvalue weighted by atomic mass is 10.1. The Hall–Kier alpha value is -1.98. The van der Waals surface area contributed by atoms with Gasteiger partial charge in [-0.05, 0) is 31.2 Å². The molecule has 1 fully saturated rings. The van der Waals surface area contributed by atoms with Crippen LogP contribution in [0.4, 0.5) is 0 Å². The normalized spacial score (nSPS) is 15.5. The number of carbonyl (C=O) groups is 1.